The lowest BCUT2D eigenvalue weighted by molar-refractivity contribution is 0.234. The Morgan fingerprint density at radius 1 is 1.44 bits per heavy atom. The molecule has 0 unspecified atom stereocenters. The van der Waals surface area contributed by atoms with Crippen LogP contribution in [0.3, 0.4) is 0 Å². The number of rotatable bonds is 7. The number of halogens is 2. The van der Waals surface area contributed by atoms with E-state index >= 15 is 0 Å². The van der Waals surface area contributed by atoms with Crippen molar-refractivity contribution < 1.29 is 14.2 Å². The van der Waals surface area contributed by atoms with Gasteiger partial charge in [-0.15, -0.1) is 0 Å². The van der Waals surface area contributed by atoms with Crippen LogP contribution in [-0.4, -0.2) is 39.4 Å². The molecule has 0 bridgehead atoms. The summed E-state index contributed by atoms with van der Waals surface area (Å²) in [5.74, 6) is 0.555. The third kappa shape index (κ3) is 5.21. The van der Waals surface area contributed by atoms with Crippen LogP contribution in [0.2, 0.25) is 0 Å². The summed E-state index contributed by atoms with van der Waals surface area (Å²) >= 11 is 3.06. The van der Waals surface area contributed by atoms with Gasteiger partial charge in [0.2, 0.25) is 5.82 Å². The number of nitrogens with one attached hydrogen (secondary N) is 4. The minimum absolute atomic E-state index is 0.0480. The minimum Gasteiger partial charge on any atom is -0.364 e. The lowest BCUT2D eigenvalue weighted by atomic mass is 10.3. The third-order valence-electron chi connectivity index (χ3n) is 3.20. The molecular formula is C13H17BrFN7O2S. The predicted octanol–water partition coefficient (Wildman–Crippen LogP) is 3.14. The van der Waals surface area contributed by atoms with Crippen molar-refractivity contribution in [1.82, 2.24) is 15.8 Å². The predicted molar refractivity (Wildman–Crippen MR) is 96.2 cm³/mol. The molecule has 136 valence electrons. The molecule has 0 aliphatic rings. The highest BCUT2D eigenvalue weighted by Gasteiger charge is 2.17. The van der Waals surface area contributed by atoms with Gasteiger partial charge in [0.1, 0.15) is 5.82 Å². The smallest absolute Gasteiger partial charge is 0.202 e. The van der Waals surface area contributed by atoms with E-state index in [4.69, 9.17) is 9.56 Å². The van der Waals surface area contributed by atoms with Crippen LogP contribution in [0.15, 0.2) is 32.3 Å². The number of aromatic nitrogens is 2. The van der Waals surface area contributed by atoms with Gasteiger partial charge in [0.25, 0.3) is 0 Å². The zero-order valence-electron chi connectivity index (χ0n) is 13.2. The molecule has 1 heterocycles. The molecular weight excluding hydrogens is 417 g/mol. The van der Waals surface area contributed by atoms with Crippen LogP contribution >= 0.6 is 15.9 Å². The first-order chi connectivity index (χ1) is 11.9. The lowest BCUT2D eigenvalue weighted by Crippen LogP contribution is -2.23. The van der Waals surface area contributed by atoms with Crippen molar-refractivity contribution in [1.29, 1.82) is 9.56 Å². The molecule has 1 aromatic carbocycles. The highest BCUT2D eigenvalue weighted by Crippen LogP contribution is 2.23. The fraction of sp³-hybridized carbons (Fsp3) is 0.308. The van der Waals surface area contributed by atoms with E-state index in [1.807, 2.05) is 5.48 Å². The Morgan fingerprint density at radius 3 is 2.84 bits per heavy atom. The molecule has 1 aromatic heterocycles. The average Bonchev–Trinajstić information content (AvgIpc) is 3.04. The molecule has 9 nitrogen and oxygen atoms in total. The summed E-state index contributed by atoms with van der Waals surface area (Å²) in [6.07, 6.45) is 0. The van der Waals surface area contributed by atoms with Gasteiger partial charge in [0.15, 0.2) is 11.5 Å². The molecule has 0 radical (unpaired) electrons. The molecule has 0 saturated heterocycles. The van der Waals surface area contributed by atoms with Gasteiger partial charge in [-0.05, 0) is 44.4 Å². The topological polar surface area (TPSA) is 143 Å². The first kappa shape index (κ1) is 19.3. The molecule has 0 amide bonds. The molecule has 25 heavy (non-hydrogen) atoms. The van der Waals surface area contributed by atoms with Crippen LogP contribution in [0.1, 0.15) is 12.6 Å². The zero-order chi connectivity index (χ0) is 18.4. The second kappa shape index (κ2) is 8.36. The Balaban J connectivity index is 2.20. The van der Waals surface area contributed by atoms with Crippen molar-refractivity contribution >= 4 is 42.9 Å². The molecule has 0 aliphatic carbocycles. The van der Waals surface area contributed by atoms with E-state index in [2.05, 4.69) is 41.2 Å². The van der Waals surface area contributed by atoms with Crippen molar-refractivity contribution in [3.8, 4) is 0 Å². The molecule has 0 fully saturated rings. The summed E-state index contributed by atoms with van der Waals surface area (Å²) in [7, 11) is -2.15. The number of anilines is 1. The molecule has 5 N–H and O–H groups in total. The van der Waals surface area contributed by atoms with Crippen LogP contribution in [0, 0.1) is 15.4 Å². The highest BCUT2D eigenvalue weighted by molar-refractivity contribution is 9.10. The van der Waals surface area contributed by atoms with Gasteiger partial charge in [-0.25, -0.2) is 14.0 Å². The highest BCUT2D eigenvalue weighted by atomic mass is 79.9. The van der Waals surface area contributed by atoms with Crippen LogP contribution in [0.5, 0.6) is 0 Å². The van der Waals surface area contributed by atoms with Crippen molar-refractivity contribution in [2.24, 2.45) is 4.99 Å². The number of hydrogen-bond acceptors (Lipinski definition) is 8. The first-order valence-corrected chi connectivity index (χ1v) is 9.91. The SMILES string of the molecule is CCS(=N)(=N)CCNc1nonc1C(=Nc1ccc(F)c(Br)c1)NO. The van der Waals surface area contributed by atoms with Crippen LogP contribution < -0.4 is 10.8 Å². The van der Waals surface area contributed by atoms with E-state index in [-0.39, 0.29) is 21.8 Å². The van der Waals surface area contributed by atoms with Gasteiger partial charge in [-0.2, -0.15) is 0 Å². The zero-order valence-corrected chi connectivity index (χ0v) is 15.6. The number of nitrogens with zero attached hydrogens (tertiary/aromatic N) is 3. The van der Waals surface area contributed by atoms with Crippen LogP contribution in [0.4, 0.5) is 15.9 Å². The van der Waals surface area contributed by atoms with E-state index in [9.17, 15) is 9.60 Å². The van der Waals surface area contributed by atoms with Crippen molar-refractivity contribution in [2.45, 2.75) is 6.92 Å². The quantitative estimate of drug-likeness (QED) is 0.257. The van der Waals surface area contributed by atoms with Crippen LogP contribution in [-0.2, 0) is 9.62 Å². The second-order valence-corrected chi connectivity index (χ2v) is 8.54. The Morgan fingerprint density at radius 2 is 2.20 bits per heavy atom. The van der Waals surface area contributed by atoms with Gasteiger partial charge in [0.05, 0.1) is 10.2 Å². The summed E-state index contributed by atoms with van der Waals surface area (Å²) in [4.78, 5) is 4.14. The molecule has 12 heteroatoms. The van der Waals surface area contributed by atoms with Gasteiger partial charge in [0, 0.05) is 18.1 Å². The summed E-state index contributed by atoms with van der Waals surface area (Å²) in [5, 5.41) is 19.6. The Labute approximate surface area is 152 Å². The van der Waals surface area contributed by atoms with Gasteiger partial charge < -0.3 is 5.32 Å². The standard InChI is InChI=1S/C13H17BrFN7O2S/c1-2-25(16,17)6-5-18-12-11(21-24-22-12)13(20-23)19-8-3-4-10(15)9(14)7-8/h3-4,7,16-17,23H,2,5-6H2,1H3,(H,18,22)(H,19,20). The van der Waals surface area contributed by atoms with Gasteiger partial charge >= 0.3 is 0 Å². The molecule has 0 spiro atoms. The Bertz CT molecular complexity index is 869. The van der Waals surface area contributed by atoms with E-state index in [1.165, 1.54) is 18.2 Å². The molecule has 0 atom stereocenters. The van der Waals surface area contributed by atoms with Crippen molar-refractivity contribution in [3.63, 3.8) is 0 Å². The summed E-state index contributed by atoms with van der Waals surface area (Å²) in [5.41, 5.74) is 2.40. The number of benzene rings is 1. The molecule has 2 rings (SSSR count). The maximum Gasteiger partial charge on any atom is 0.202 e. The van der Waals surface area contributed by atoms with E-state index in [1.54, 1.807) is 6.92 Å². The molecule has 0 aliphatic heterocycles. The number of aliphatic imine (C=N–C) groups is 1. The van der Waals surface area contributed by atoms with E-state index < -0.39 is 15.4 Å². The van der Waals surface area contributed by atoms with E-state index in [0.29, 0.717) is 23.7 Å². The largest absolute Gasteiger partial charge is 0.364 e. The van der Waals surface area contributed by atoms with E-state index in [0.717, 1.165) is 0 Å². The maximum atomic E-state index is 13.3. The van der Waals surface area contributed by atoms with Crippen molar-refractivity contribution in [3.05, 3.63) is 34.2 Å². The average molecular weight is 434 g/mol. The molecule has 2 aromatic rings. The fourth-order valence-electron chi connectivity index (χ4n) is 1.76. The number of hydroxylamine groups is 1. The lowest BCUT2D eigenvalue weighted by Gasteiger charge is -2.09. The third-order valence-corrected chi connectivity index (χ3v) is 5.69. The fourth-order valence-corrected chi connectivity index (χ4v) is 2.87. The minimum atomic E-state index is -2.15. The van der Waals surface area contributed by atoms with Crippen molar-refractivity contribution in [2.75, 3.05) is 23.4 Å². The Hall–Kier alpha value is -2.05. The molecule has 0 saturated carbocycles. The van der Waals surface area contributed by atoms with Gasteiger partial charge in [-0.3, -0.25) is 20.2 Å². The summed E-state index contributed by atoms with van der Waals surface area (Å²) in [6.45, 7) is 2.14. The summed E-state index contributed by atoms with van der Waals surface area (Å²) in [6, 6.07) is 4.09. The maximum absolute atomic E-state index is 13.3. The first-order valence-electron chi connectivity index (χ1n) is 7.15. The summed E-state index contributed by atoms with van der Waals surface area (Å²) < 4.78 is 33.8. The Kier molecular flexibility index (Phi) is 6.45. The normalized spacial score (nSPS) is 12.2. The number of amidine groups is 1. The van der Waals surface area contributed by atoms with Crippen LogP contribution in [0.25, 0.3) is 0 Å². The van der Waals surface area contributed by atoms with Gasteiger partial charge in [-0.1, -0.05) is 16.5 Å². The second-order valence-electron chi connectivity index (χ2n) is 4.94. The number of hydrogen-bond donors (Lipinski definition) is 5. The monoisotopic (exact) mass is 433 g/mol.